The third-order valence-electron chi connectivity index (χ3n) is 4.48. The van der Waals surface area contributed by atoms with Crippen molar-refractivity contribution in [3.63, 3.8) is 0 Å². The Kier molecular flexibility index (Phi) is 6.18. The van der Waals surface area contributed by atoms with E-state index in [1.807, 2.05) is 26.0 Å². The lowest BCUT2D eigenvalue weighted by Crippen LogP contribution is -2.50. The molecule has 0 aliphatic carbocycles. The molecule has 1 atom stereocenters. The van der Waals surface area contributed by atoms with Crippen LogP contribution in [0.1, 0.15) is 35.9 Å². The van der Waals surface area contributed by atoms with Gasteiger partial charge in [0, 0.05) is 31.4 Å². The first-order valence-electron chi connectivity index (χ1n) is 9.21. The maximum atomic E-state index is 13.0. The number of carbonyl (C=O) groups is 2. The maximum absolute atomic E-state index is 13.0. The Labute approximate surface area is 158 Å². The van der Waals surface area contributed by atoms with E-state index in [1.54, 1.807) is 28.0 Å². The third-order valence-corrected chi connectivity index (χ3v) is 4.48. The molecule has 0 spiro atoms. The predicted octanol–water partition coefficient (Wildman–Crippen LogP) is 1.87. The smallest absolute Gasteiger partial charge is 0.272 e. The largest absolute Gasteiger partial charge is 0.377 e. The fourth-order valence-corrected chi connectivity index (χ4v) is 3.11. The highest BCUT2D eigenvalue weighted by Gasteiger charge is 2.31. The predicted molar refractivity (Wildman–Crippen MR) is 100 cm³/mol. The molecule has 3 rings (SSSR count). The van der Waals surface area contributed by atoms with Gasteiger partial charge >= 0.3 is 0 Å². The van der Waals surface area contributed by atoms with Crippen molar-refractivity contribution in [3.8, 4) is 0 Å². The second-order valence-electron chi connectivity index (χ2n) is 6.61. The van der Waals surface area contributed by atoms with Crippen molar-refractivity contribution >= 4 is 17.5 Å². The number of hydrogen-bond donors (Lipinski definition) is 1. The van der Waals surface area contributed by atoms with Crippen molar-refractivity contribution in [1.82, 2.24) is 19.7 Å². The maximum Gasteiger partial charge on any atom is 0.272 e. The molecule has 1 aliphatic heterocycles. The number of amides is 2. The number of rotatable bonds is 6. The van der Waals surface area contributed by atoms with Gasteiger partial charge in [0.25, 0.3) is 5.91 Å². The number of carbonyl (C=O) groups excluding carboxylic acids is 2. The summed E-state index contributed by atoms with van der Waals surface area (Å²) in [6.07, 6.45) is 4.31. The Balaban J connectivity index is 1.67. The van der Waals surface area contributed by atoms with Crippen LogP contribution >= 0.6 is 0 Å². The van der Waals surface area contributed by atoms with E-state index in [9.17, 15) is 9.59 Å². The molecule has 0 aromatic carbocycles. The van der Waals surface area contributed by atoms with Gasteiger partial charge in [-0.05, 0) is 31.5 Å². The number of pyridine rings is 1. The minimum absolute atomic E-state index is 0.112. The Hall–Kier alpha value is -2.74. The Morgan fingerprint density at radius 2 is 2.19 bits per heavy atom. The van der Waals surface area contributed by atoms with Crippen LogP contribution in [0.25, 0.3) is 0 Å². The van der Waals surface area contributed by atoms with Crippen LogP contribution in [0.2, 0.25) is 0 Å². The van der Waals surface area contributed by atoms with Gasteiger partial charge in [0.05, 0.1) is 31.1 Å². The Bertz CT molecular complexity index is 787. The molecule has 1 saturated heterocycles. The van der Waals surface area contributed by atoms with Crippen molar-refractivity contribution in [1.29, 1.82) is 0 Å². The minimum Gasteiger partial charge on any atom is -0.377 e. The zero-order valence-corrected chi connectivity index (χ0v) is 15.7. The number of hydrogen-bond acceptors (Lipinski definition) is 5. The molecule has 0 radical (unpaired) electrons. The fourth-order valence-electron chi connectivity index (χ4n) is 3.11. The van der Waals surface area contributed by atoms with Gasteiger partial charge < -0.3 is 15.0 Å². The lowest BCUT2D eigenvalue weighted by molar-refractivity contribution is -0.118. The monoisotopic (exact) mass is 371 g/mol. The van der Waals surface area contributed by atoms with Crippen molar-refractivity contribution in [2.75, 3.05) is 25.1 Å². The third kappa shape index (κ3) is 4.71. The van der Waals surface area contributed by atoms with Crippen LogP contribution in [0.3, 0.4) is 0 Å². The van der Waals surface area contributed by atoms with Crippen molar-refractivity contribution in [2.24, 2.45) is 0 Å². The molecule has 2 amide bonds. The highest BCUT2D eigenvalue weighted by Crippen LogP contribution is 2.16. The number of anilines is 1. The van der Waals surface area contributed by atoms with Crippen LogP contribution in [0.15, 0.2) is 30.6 Å². The zero-order valence-electron chi connectivity index (χ0n) is 15.7. The summed E-state index contributed by atoms with van der Waals surface area (Å²) in [6.45, 7) is 5.88. The normalized spacial score (nSPS) is 17.0. The van der Waals surface area contributed by atoms with Crippen LogP contribution in [0, 0.1) is 6.92 Å². The van der Waals surface area contributed by atoms with Crippen LogP contribution < -0.4 is 5.32 Å². The molecular formula is C19H25N5O3. The van der Waals surface area contributed by atoms with Gasteiger partial charge in [-0.25, -0.2) is 0 Å². The van der Waals surface area contributed by atoms with Crippen LogP contribution in [-0.4, -0.2) is 57.3 Å². The van der Waals surface area contributed by atoms with Gasteiger partial charge in [-0.1, -0.05) is 6.92 Å². The highest BCUT2D eigenvalue weighted by molar-refractivity contribution is 5.94. The van der Waals surface area contributed by atoms with Gasteiger partial charge in [0.15, 0.2) is 0 Å². The number of ether oxygens (including phenoxy) is 1. The molecule has 0 saturated carbocycles. The first-order valence-corrected chi connectivity index (χ1v) is 9.21. The number of aromatic nitrogens is 3. The average Bonchev–Trinajstić information content (AvgIpc) is 3.12. The summed E-state index contributed by atoms with van der Waals surface area (Å²) < 4.78 is 7.23. The van der Waals surface area contributed by atoms with Gasteiger partial charge in [-0.15, -0.1) is 0 Å². The quantitative estimate of drug-likeness (QED) is 0.837. The summed E-state index contributed by atoms with van der Waals surface area (Å²) in [5, 5.41) is 7.05. The van der Waals surface area contributed by atoms with E-state index in [0.717, 1.165) is 12.1 Å². The van der Waals surface area contributed by atoms with Gasteiger partial charge in [0.2, 0.25) is 5.91 Å². The summed E-state index contributed by atoms with van der Waals surface area (Å²) >= 11 is 0. The second kappa shape index (κ2) is 8.77. The Morgan fingerprint density at radius 3 is 2.93 bits per heavy atom. The first kappa shape index (κ1) is 19.0. The summed E-state index contributed by atoms with van der Waals surface area (Å²) in [7, 11) is 0. The summed E-state index contributed by atoms with van der Waals surface area (Å²) in [5.41, 5.74) is 2.07. The van der Waals surface area contributed by atoms with Crippen LogP contribution in [0.5, 0.6) is 0 Å². The topological polar surface area (TPSA) is 89.4 Å². The van der Waals surface area contributed by atoms with Gasteiger partial charge in [-0.3, -0.25) is 19.3 Å². The van der Waals surface area contributed by atoms with Crippen LogP contribution in [0.4, 0.5) is 5.69 Å². The van der Waals surface area contributed by atoms with E-state index in [0.29, 0.717) is 37.7 Å². The van der Waals surface area contributed by atoms with E-state index in [1.165, 1.54) is 0 Å². The number of aryl methyl sites for hydroxylation is 2. The lowest BCUT2D eigenvalue weighted by Gasteiger charge is -2.35. The average molecular weight is 371 g/mol. The van der Waals surface area contributed by atoms with E-state index < -0.39 is 0 Å². The van der Waals surface area contributed by atoms with Gasteiger partial charge in [0.1, 0.15) is 5.69 Å². The fraction of sp³-hybridized carbons (Fsp3) is 0.474. The molecule has 144 valence electrons. The summed E-state index contributed by atoms with van der Waals surface area (Å²) in [6, 6.07) is 5.06. The molecule has 1 aliphatic rings. The molecule has 3 heterocycles. The number of nitrogens with zero attached hydrogens (tertiary/aromatic N) is 4. The van der Waals surface area contributed by atoms with Gasteiger partial charge in [-0.2, -0.15) is 5.10 Å². The summed E-state index contributed by atoms with van der Waals surface area (Å²) in [4.78, 5) is 31.3. The molecular weight excluding hydrogens is 346 g/mol. The number of nitrogens with one attached hydrogen (secondary N) is 1. The zero-order chi connectivity index (χ0) is 19.2. The number of morpholine rings is 1. The lowest BCUT2D eigenvalue weighted by atomic mass is 10.1. The van der Waals surface area contributed by atoms with Crippen LogP contribution in [-0.2, 0) is 16.1 Å². The highest BCUT2D eigenvalue weighted by atomic mass is 16.5. The molecule has 8 nitrogen and oxygen atoms in total. The molecule has 1 N–H and O–H groups in total. The minimum atomic E-state index is -0.311. The molecule has 8 heteroatoms. The van der Waals surface area contributed by atoms with E-state index in [-0.39, 0.29) is 24.3 Å². The van der Waals surface area contributed by atoms with Crippen molar-refractivity contribution < 1.29 is 14.3 Å². The molecule has 27 heavy (non-hydrogen) atoms. The molecule has 0 bridgehead atoms. The van der Waals surface area contributed by atoms with Crippen molar-refractivity contribution in [2.45, 2.75) is 39.3 Å². The molecule has 2 aromatic rings. The Morgan fingerprint density at radius 1 is 1.33 bits per heavy atom. The van der Waals surface area contributed by atoms with Crippen molar-refractivity contribution in [3.05, 3.63) is 42.0 Å². The van der Waals surface area contributed by atoms with E-state index in [2.05, 4.69) is 15.4 Å². The summed E-state index contributed by atoms with van der Waals surface area (Å²) in [5.74, 6) is -0.282. The second-order valence-corrected chi connectivity index (χ2v) is 6.61. The SMILES string of the molecule is CCCn1nccc1C(=O)N1CCOC[C@H]1CC(=O)Nc1ccc(C)nc1. The molecule has 0 unspecified atom stereocenters. The molecule has 2 aromatic heterocycles. The molecule has 1 fully saturated rings. The van der Waals surface area contributed by atoms with E-state index in [4.69, 9.17) is 4.74 Å². The van der Waals surface area contributed by atoms with E-state index >= 15 is 0 Å². The standard InChI is InChI=1S/C19H25N5O3/c1-3-8-24-17(6-7-21-24)19(26)23-9-10-27-13-16(23)11-18(25)22-15-5-4-14(2)20-12-15/h4-7,12,16H,3,8-11,13H2,1-2H3,(H,22,25)/t16-/m1/s1. The first-order chi connectivity index (χ1) is 13.1.